The summed E-state index contributed by atoms with van der Waals surface area (Å²) in [4.78, 5) is 0. The van der Waals surface area contributed by atoms with Crippen LogP contribution in [-0.4, -0.2) is 59.8 Å². The summed E-state index contributed by atoms with van der Waals surface area (Å²) >= 11 is 0. The van der Waals surface area contributed by atoms with E-state index < -0.39 is 8.80 Å². The van der Waals surface area contributed by atoms with E-state index >= 15 is 0 Å². The minimum atomic E-state index is -2.65. The molecule has 280 valence electrons. The van der Waals surface area contributed by atoms with Gasteiger partial charge in [-0.1, -0.05) is 157 Å². The van der Waals surface area contributed by atoms with Crippen molar-refractivity contribution in [2.45, 2.75) is 214 Å². The summed E-state index contributed by atoms with van der Waals surface area (Å²) in [5.74, 6) is 0. The third kappa shape index (κ3) is 30.4. The average molecular weight is 693 g/mol. The minimum absolute atomic E-state index is 0. The van der Waals surface area contributed by atoms with Crippen molar-refractivity contribution in [1.29, 1.82) is 0 Å². The van der Waals surface area contributed by atoms with Gasteiger partial charge in [-0.3, -0.25) is 0 Å². The zero-order chi connectivity index (χ0) is 33.2. The molecule has 0 N–H and O–H groups in total. The molecule has 0 aromatic heterocycles. The maximum Gasteiger partial charge on any atom is 0.501 e. The van der Waals surface area contributed by atoms with E-state index in [0.717, 1.165) is 70.8 Å². The molecule has 0 spiro atoms. The summed E-state index contributed by atoms with van der Waals surface area (Å²) in [7, 11) is -0.0939. The highest BCUT2D eigenvalue weighted by Gasteiger charge is 2.41. The van der Waals surface area contributed by atoms with Gasteiger partial charge in [-0.15, -0.1) is 0 Å². The Balaban J connectivity index is 0. The molecular formula is C40H86ClNO3Si. The Hall–Kier alpha value is 0.347. The SMILES string of the molecule is CCCCCCCCCCCC[N+](C)(CCCCCCCCCCCC)CCC[Si](OCCCC)(OCCCC)OCCCC.[Cl-]. The molecule has 0 amide bonds. The van der Waals surface area contributed by atoms with Gasteiger partial charge in [0.1, 0.15) is 0 Å². The van der Waals surface area contributed by atoms with Gasteiger partial charge in [0.25, 0.3) is 0 Å². The second-order valence-electron chi connectivity index (χ2n) is 14.5. The highest BCUT2D eigenvalue weighted by molar-refractivity contribution is 6.60. The third-order valence-corrected chi connectivity index (χ3v) is 12.6. The number of halogens is 1. The van der Waals surface area contributed by atoms with E-state index in [0.29, 0.717) is 0 Å². The molecule has 0 heterocycles. The van der Waals surface area contributed by atoms with Crippen LogP contribution in [0.2, 0.25) is 6.04 Å². The van der Waals surface area contributed by atoms with Crippen molar-refractivity contribution in [3.8, 4) is 0 Å². The molecule has 0 bridgehead atoms. The molecule has 0 aromatic carbocycles. The van der Waals surface area contributed by atoms with Crippen LogP contribution < -0.4 is 12.4 Å². The monoisotopic (exact) mass is 692 g/mol. The first-order valence-electron chi connectivity index (χ1n) is 20.8. The second kappa shape index (κ2) is 36.6. The number of quaternary nitrogens is 1. The maximum atomic E-state index is 6.60. The highest BCUT2D eigenvalue weighted by atomic mass is 35.5. The summed E-state index contributed by atoms with van der Waals surface area (Å²) < 4.78 is 21.0. The van der Waals surface area contributed by atoms with E-state index in [1.165, 1.54) is 153 Å². The predicted octanol–water partition coefficient (Wildman–Crippen LogP) is 10.1. The summed E-state index contributed by atoms with van der Waals surface area (Å²) in [5, 5.41) is 0. The van der Waals surface area contributed by atoms with Crippen LogP contribution in [0.25, 0.3) is 0 Å². The lowest BCUT2D eigenvalue weighted by molar-refractivity contribution is -0.910. The summed E-state index contributed by atoms with van der Waals surface area (Å²) in [5.41, 5.74) is 0. The van der Waals surface area contributed by atoms with Crippen LogP contribution in [-0.2, 0) is 13.3 Å². The Bertz CT molecular complexity index is 532. The van der Waals surface area contributed by atoms with Crippen molar-refractivity contribution in [3.63, 3.8) is 0 Å². The standard InChI is InChI=1S/C40H86NO3Si.ClH/c1-7-12-17-19-21-23-25-27-29-31-34-41(6,35-32-30-28-26-24-22-20-18-13-8-2)36-33-40-45(42-37-14-9-3,43-38-15-10-4)44-39-16-11-5;/h7-40H2,1-6H3;1H/q+1;/p-1. The van der Waals surface area contributed by atoms with Gasteiger partial charge in [-0.2, -0.15) is 0 Å². The Morgan fingerprint density at radius 1 is 0.348 bits per heavy atom. The maximum absolute atomic E-state index is 6.60. The molecule has 0 saturated heterocycles. The van der Waals surface area contributed by atoms with Crippen molar-refractivity contribution >= 4 is 8.80 Å². The fraction of sp³-hybridized carbons (Fsp3) is 1.00. The van der Waals surface area contributed by atoms with E-state index in [4.69, 9.17) is 13.3 Å². The lowest BCUT2D eigenvalue weighted by atomic mass is 10.1. The molecule has 46 heavy (non-hydrogen) atoms. The molecule has 4 nitrogen and oxygen atoms in total. The van der Waals surface area contributed by atoms with Gasteiger partial charge in [-0.05, 0) is 44.9 Å². The largest absolute Gasteiger partial charge is 1.00 e. The summed E-state index contributed by atoms with van der Waals surface area (Å²) in [6, 6.07) is 0.980. The molecule has 0 saturated carbocycles. The fourth-order valence-electron chi connectivity index (χ4n) is 6.43. The quantitative estimate of drug-likeness (QED) is 0.0366. The number of hydrogen-bond acceptors (Lipinski definition) is 3. The van der Waals surface area contributed by atoms with Crippen LogP contribution in [0, 0.1) is 0 Å². The molecule has 0 atom stereocenters. The second-order valence-corrected chi connectivity index (χ2v) is 17.3. The van der Waals surface area contributed by atoms with E-state index in [-0.39, 0.29) is 12.4 Å². The van der Waals surface area contributed by atoms with E-state index in [1.807, 2.05) is 0 Å². The predicted molar refractivity (Wildman–Crippen MR) is 202 cm³/mol. The first-order valence-corrected chi connectivity index (χ1v) is 22.7. The summed E-state index contributed by atoms with van der Waals surface area (Å²) in [6.07, 6.45) is 36.2. The van der Waals surface area contributed by atoms with Gasteiger partial charge in [0.2, 0.25) is 0 Å². The lowest BCUT2D eigenvalue weighted by Gasteiger charge is -2.36. The molecular weight excluding hydrogens is 606 g/mol. The van der Waals surface area contributed by atoms with Gasteiger partial charge in [0.15, 0.2) is 0 Å². The van der Waals surface area contributed by atoms with Gasteiger partial charge in [0.05, 0.1) is 26.7 Å². The van der Waals surface area contributed by atoms with Crippen molar-refractivity contribution in [1.82, 2.24) is 0 Å². The first-order chi connectivity index (χ1) is 22.0. The Morgan fingerprint density at radius 3 is 0.913 bits per heavy atom. The smallest absolute Gasteiger partial charge is 0.501 e. The highest BCUT2D eigenvalue weighted by Crippen LogP contribution is 2.23. The van der Waals surface area contributed by atoms with Gasteiger partial charge in [-0.25, -0.2) is 0 Å². The van der Waals surface area contributed by atoms with Crippen molar-refractivity contribution in [2.75, 3.05) is 46.5 Å². The molecule has 0 radical (unpaired) electrons. The van der Waals surface area contributed by atoms with Crippen molar-refractivity contribution < 1.29 is 30.2 Å². The van der Waals surface area contributed by atoms with E-state index in [2.05, 4.69) is 41.7 Å². The molecule has 0 rings (SSSR count). The number of nitrogens with zero attached hydrogens (tertiary/aromatic N) is 1. The molecule has 0 aliphatic heterocycles. The Kier molecular flexibility index (Phi) is 38.6. The zero-order valence-electron chi connectivity index (χ0n) is 32.6. The summed E-state index contributed by atoms with van der Waals surface area (Å²) in [6.45, 7) is 17.6. The third-order valence-electron chi connectivity index (χ3n) is 9.74. The van der Waals surface area contributed by atoms with Crippen molar-refractivity contribution in [2.24, 2.45) is 0 Å². The minimum Gasteiger partial charge on any atom is -1.00 e. The van der Waals surface area contributed by atoms with Crippen molar-refractivity contribution in [3.05, 3.63) is 0 Å². The van der Waals surface area contributed by atoms with E-state index in [1.54, 1.807) is 0 Å². The number of rotatable bonds is 38. The topological polar surface area (TPSA) is 27.7 Å². The molecule has 0 aliphatic rings. The van der Waals surface area contributed by atoms with Crippen LogP contribution in [0.5, 0.6) is 0 Å². The van der Waals surface area contributed by atoms with Gasteiger partial charge >= 0.3 is 8.80 Å². The first kappa shape index (κ1) is 48.5. The zero-order valence-corrected chi connectivity index (χ0v) is 34.3. The number of hydrogen-bond donors (Lipinski definition) is 0. The molecule has 0 aromatic rings. The van der Waals surface area contributed by atoms with Crippen LogP contribution in [0.3, 0.4) is 0 Å². The number of unbranched alkanes of at least 4 members (excludes halogenated alkanes) is 21. The van der Waals surface area contributed by atoms with Gasteiger partial charge < -0.3 is 30.2 Å². The fourth-order valence-corrected chi connectivity index (χ4v) is 9.07. The average Bonchev–Trinajstić information content (AvgIpc) is 3.03. The Labute approximate surface area is 298 Å². The van der Waals surface area contributed by atoms with Crippen LogP contribution in [0.1, 0.15) is 208 Å². The van der Waals surface area contributed by atoms with Crippen LogP contribution in [0.15, 0.2) is 0 Å². The van der Waals surface area contributed by atoms with Crippen LogP contribution in [0.4, 0.5) is 0 Å². The van der Waals surface area contributed by atoms with Gasteiger partial charge in [0, 0.05) is 32.3 Å². The van der Waals surface area contributed by atoms with E-state index in [9.17, 15) is 0 Å². The lowest BCUT2D eigenvalue weighted by Crippen LogP contribution is -3.00. The normalized spacial score (nSPS) is 12.1. The van der Waals surface area contributed by atoms with Crippen LogP contribution >= 0.6 is 0 Å². The molecule has 0 fully saturated rings. The molecule has 0 unspecified atom stereocenters. The Morgan fingerprint density at radius 2 is 0.609 bits per heavy atom. The molecule has 0 aliphatic carbocycles. The molecule has 6 heteroatoms.